The highest BCUT2D eigenvalue weighted by atomic mass is 35.5. The quantitative estimate of drug-likeness (QED) is 0.427. The molecule has 158 valence electrons. The summed E-state index contributed by atoms with van der Waals surface area (Å²) in [5.74, 6) is -0.784. The van der Waals surface area contributed by atoms with Crippen LogP contribution in [0.25, 0.3) is 16.7 Å². The average molecular weight is 465 g/mol. The number of aromatic nitrogens is 1. The number of benzene rings is 2. The van der Waals surface area contributed by atoms with Crippen molar-refractivity contribution in [2.75, 3.05) is 12.4 Å². The zero-order chi connectivity index (χ0) is 22.8. The maximum Gasteiger partial charge on any atom is 0.275 e. The molecule has 9 heteroatoms. The van der Waals surface area contributed by atoms with Crippen molar-refractivity contribution < 1.29 is 14.3 Å². The summed E-state index contributed by atoms with van der Waals surface area (Å²) in [6.07, 6.45) is 0. The Balaban J connectivity index is 1.81. The summed E-state index contributed by atoms with van der Waals surface area (Å²) >= 11 is 12.1. The van der Waals surface area contributed by atoms with Gasteiger partial charge in [-0.2, -0.15) is 5.26 Å². The number of hydrogen-bond donors (Lipinski definition) is 2. The van der Waals surface area contributed by atoms with Crippen LogP contribution in [-0.4, -0.2) is 23.9 Å². The van der Waals surface area contributed by atoms with E-state index >= 15 is 0 Å². The van der Waals surface area contributed by atoms with Crippen molar-refractivity contribution >= 4 is 46.3 Å². The second kappa shape index (κ2) is 8.71. The number of anilines is 1. The number of halogens is 2. The molecule has 0 saturated carbocycles. The molecule has 0 atom stereocenters. The Hall–Kier alpha value is -3.86. The number of methoxy groups -OCH3 is 1. The van der Waals surface area contributed by atoms with Crippen LogP contribution >= 0.6 is 23.2 Å². The van der Waals surface area contributed by atoms with Crippen molar-refractivity contribution in [2.45, 2.75) is 0 Å². The number of hydrogen-bond acceptors (Lipinski definition) is 6. The van der Waals surface area contributed by atoms with Crippen molar-refractivity contribution in [2.24, 2.45) is 0 Å². The molecule has 0 aliphatic carbocycles. The first kappa shape index (κ1) is 21.4. The number of carbonyl (C=O) groups is 2. The largest absolute Gasteiger partial charge is 0.496 e. The highest BCUT2D eigenvalue weighted by molar-refractivity contribution is 6.37. The van der Waals surface area contributed by atoms with E-state index in [9.17, 15) is 9.59 Å². The molecule has 7 nitrogen and oxygen atoms in total. The number of nitriles is 1. The van der Waals surface area contributed by atoms with Gasteiger partial charge in [0, 0.05) is 16.8 Å². The first-order chi connectivity index (χ1) is 15.4. The zero-order valence-corrected chi connectivity index (χ0v) is 18.1. The van der Waals surface area contributed by atoms with Crippen LogP contribution in [0, 0.1) is 11.3 Å². The minimum atomic E-state index is -0.580. The number of nitrogens with zero attached hydrogens (tertiary/aromatic N) is 2. The predicted octanol–water partition coefficient (Wildman–Crippen LogP) is 4.42. The van der Waals surface area contributed by atoms with Crippen molar-refractivity contribution in [3.05, 3.63) is 81.7 Å². The first-order valence-corrected chi connectivity index (χ1v) is 10.0. The summed E-state index contributed by atoms with van der Waals surface area (Å²) in [5, 5.41) is 14.8. The van der Waals surface area contributed by atoms with Crippen molar-refractivity contribution in [3.8, 4) is 22.9 Å². The molecule has 1 aliphatic heterocycles. The Kier molecular flexibility index (Phi) is 5.82. The fraction of sp³-hybridized carbons (Fsp3) is 0.0435. The number of amides is 2. The Morgan fingerprint density at radius 2 is 1.81 bits per heavy atom. The topological polar surface area (TPSA) is 104 Å². The van der Waals surface area contributed by atoms with Gasteiger partial charge in [0.1, 0.15) is 21.8 Å². The van der Waals surface area contributed by atoms with Crippen LogP contribution in [0.3, 0.4) is 0 Å². The van der Waals surface area contributed by atoms with E-state index in [0.29, 0.717) is 33.7 Å². The van der Waals surface area contributed by atoms with E-state index < -0.39 is 11.8 Å². The van der Waals surface area contributed by atoms with Crippen LogP contribution in [0.5, 0.6) is 5.75 Å². The molecule has 2 aromatic carbocycles. The summed E-state index contributed by atoms with van der Waals surface area (Å²) in [6.45, 7) is 0. The predicted molar refractivity (Wildman–Crippen MR) is 121 cm³/mol. The van der Waals surface area contributed by atoms with Gasteiger partial charge >= 0.3 is 0 Å². The maximum atomic E-state index is 12.6. The van der Waals surface area contributed by atoms with Crippen molar-refractivity contribution in [1.29, 1.82) is 5.26 Å². The summed E-state index contributed by atoms with van der Waals surface area (Å²) in [4.78, 5) is 29.2. The molecule has 0 fully saturated rings. The van der Waals surface area contributed by atoms with Crippen molar-refractivity contribution in [1.82, 2.24) is 10.3 Å². The maximum absolute atomic E-state index is 12.6. The number of rotatable bonds is 5. The molecular weight excluding hydrogens is 451 g/mol. The third kappa shape index (κ3) is 4.02. The van der Waals surface area contributed by atoms with Gasteiger partial charge in [0.05, 0.1) is 24.3 Å². The van der Waals surface area contributed by atoms with Gasteiger partial charge in [-0.05, 0) is 48.0 Å². The Labute approximate surface area is 193 Å². The third-order valence-electron chi connectivity index (χ3n) is 4.79. The zero-order valence-electron chi connectivity index (χ0n) is 16.6. The minimum Gasteiger partial charge on any atom is -0.496 e. The molecule has 2 amide bonds. The standard InChI is InChI=1S/C23H14Cl2N4O3/c1-32-17-10-13(15-7-8-18(24)28-21(15)25)5-6-16(17)19-20(23(31)29-22(19)30)27-14-4-2-3-12(9-14)11-26/h2-10H,1H3,(H2,27,29,30,31). The number of ether oxygens (including phenoxy) is 1. The van der Waals surface area contributed by atoms with Gasteiger partial charge in [0.25, 0.3) is 11.8 Å². The van der Waals surface area contributed by atoms with Gasteiger partial charge < -0.3 is 10.1 Å². The summed E-state index contributed by atoms with van der Waals surface area (Å²) in [6, 6.07) is 17.1. The average Bonchev–Trinajstić information content (AvgIpc) is 3.06. The second-order valence-corrected chi connectivity index (χ2v) is 7.48. The smallest absolute Gasteiger partial charge is 0.275 e. The lowest BCUT2D eigenvalue weighted by atomic mass is 9.99. The summed E-state index contributed by atoms with van der Waals surface area (Å²) in [5.41, 5.74) is 2.84. The molecular formula is C23H14Cl2N4O3. The molecule has 1 aliphatic rings. The Morgan fingerprint density at radius 1 is 1.03 bits per heavy atom. The van der Waals surface area contributed by atoms with Gasteiger partial charge in [0.2, 0.25) is 0 Å². The molecule has 0 unspecified atom stereocenters. The van der Waals surface area contributed by atoms with E-state index in [0.717, 1.165) is 0 Å². The van der Waals surface area contributed by atoms with Gasteiger partial charge in [0.15, 0.2) is 0 Å². The molecule has 0 spiro atoms. The summed E-state index contributed by atoms with van der Waals surface area (Å²) < 4.78 is 5.52. The van der Waals surface area contributed by atoms with Crippen LogP contribution in [-0.2, 0) is 9.59 Å². The fourth-order valence-electron chi connectivity index (χ4n) is 3.34. The van der Waals surface area contributed by atoms with E-state index in [1.54, 1.807) is 54.6 Å². The van der Waals surface area contributed by atoms with Crippen LogP contribution in [0.2, 0.25) is 10.3 Å². The number of imide groups is 1. The minimum absolute atomic E-state index is 0.0577. The molecule has 0 bridgehead atoms. The van der Waals surface area contributed by atoms with E-state index in [1.165, 1.54) is 7.11 Å². The number of nitrogens with one attached hydrogen (secondary N) is 2. The van der Waals surface area contributed by atoms with Gasteiger partial charge in [-0.3, -0.25) is 14.9 Å². The van der Waals surface area contributed by atoms with E-state index in [1.807, 2.05) is 6.07 Å². The lowest BCUT2D eigenvalue weighted by molar-refractivity contribution is -0.123. The molecule has 4 rings (SSSR count). The van der Waals surface area contributed by atoms with Gasteiger partial charge in [-0.1, -0.05) is 35.3 Å². The molecule has 1 aromatic heterocycles. The van der Waals surface area contributed by atoms with Gasteiger partial charge in [-0.25, -0.2) is 4.98 Å². The number of pyridine rings is 1. The fourth-order valence-corrected chi connectivity index (χ4v) is 3.79. The second-order valence-electron chi connectivity index (χ2n) is 6.74. The molecule has 3 aromatic rings. The number of carbonyl (C=O) groups excluding carboxylic acids is 2. The van der Waals surface area contributed by atoms with Crippen LogP contribution in [0.4, 0.5) is 5.69 Å². The molecule has 0 radical (unpaired) electrons. The van der Waals surface area contributed by atoms with E-state index in [4.69, 9.17) is 33.2 Å². The highest BCUT2D eigenvalue weighted by Crippen LogP contribution is 2.37. The van der Waals surface area contributed by atoms with Crippen molar-refractivity contribution in [3.63, 3.8) is 0 Å². The van der Waals surface area contributed by atoms with Crippen LogP contribution in [0.1, 0.15) is 11.1 Å². The molecule has 2 N–H and O–H groups in total. The highest BCUT2D eigenvalue weighted by Gasteiger charge is 2.33. The Bertz CT molecular complexity index is 1350. The molecule has 0 saturated heterocycles. The van der Waals surface area contributed by atoms with Crippen LogP contribution in [0.15, 0.2) is 60.3 Å². The molecule has 32 heavy (non-hydrogen) atoms. The monoisotopic (exact) mass is 464 g/mol. The van der Waals surface area contributed by atoms with Crippen LogP contribution < -0.4 is 15.4 Å². The van der Waals surface area contributed by atoms with E-state index in [2.05, 4.69) is 15.6 Å². The Morgan fingerprint density at radius 3 is 2.53 bits per heavy atom. The van der Waals surface area contributed by atoms with E-state index in [-0.39, 0.29) is 21.6 Å². The first-order valence-electron chi connectivity index (χ1n) is 9.29. The normalized spacial score (nSPS) is 13.1. The SMILES string of the molecule is COc1cc(-c2ccc(Cl)nc2Cl)ccc1C1=C(Nc2cccc(C#N)c2)C(=O)NC1=O. The summed E-state index contributed by atoms with van der Waals surface area (Å²) in [7, 11) is 1.46. The lowest BCUT2D eigenvalue weighted by Gasteiger charge is -2.13. The lowest BCUT2D eigenvalue weighted by Crippen LogP contribution is -2.24. The van der Waals surface area contributed by atoms with Gasteiger partial charge in [-0.15, -0.1) is 0 Å². The third-order valence-corrected chi connectivity index (χ3v) is 5.29. The molecule has 2 heterocycles.